The first kappa shape index (κ1) is 18.5. The predicted octanol–water partition coefficient (Wildman–Crippen LogP) is 3.89. The summed E-state index contributed by atoms with van der Waals surface area (Å²) in [5.41, 5.74) is 3.09. The molecule has 1 N–H and O–H groups in total. The Kier molecular flexibility index (Phi) is 6.17. The first-order valence-electron chi connectivity index (χ1n) is 8.17. The number of aryl methyl sites for hydroxylation is 2. The van der Waals surface area contributed by atoms with Gasteiger partial charge in [0, 0.05) is 5.69 Å². The molecule has 5 heteroatoms. The van der Waals surface area contributed by atoms with Crippen molar-refractivity contribution in [1.29, 1.82) is 0 Å². The van der Waals surface area contributed by atoms with Gasteiger partial charge in [0.25, 0.3) is 5.91 Å². The average Bonchev–Trinajstić information content (AvgIpc) is 2.62. The lowest BCUT2D eigenvalue weighted by atomic mass is 10.1. The number of benzene rings is 2. The number of carbonyl (C=O) groups is 2. The first-order valence-corrected chi connectivity index (χ1v) is 8.17. The molecule has 0 unspecified atom stereocenters. The Morgan fingerprint density at radius 1 is 1.08 bits per heavy atom. The van der Waals surface area contributed by atoms with Crippen LogP contribution in [0.2, 0.25) is 0 Å². The van der Waals surface area contributed by atoms with Crippen LogP contribution in [-0.4, -0.2) is 25.1 Å². The third-order valence-corrected chi connectivity index (χ3v) is 3.85. The zero-order valence-corrected chi connectivity index (χ0v) is 15.0. The van der Waals surface area contributed by atoms with Crippen LogP contribution in [0.25, 0.3) is 0 Å². The molecule has 0 aliphatic carbocycles. The molecule has 25 heavy (non-hydrogen) atoms. The molecule has 0 fully saturated rings. The van der Waals surface area contributed by atoms with Crippen LogP contribution < -0.4 is 10.1 Å². The van der Waals surface area contributed by atoms with Crippen molar-refractivity contribution in [2.24, 2.45) is 0 Å². The molecule has 0 bridgehead atoms. The molecule has 0 heterocycles. The highest BCUT2D eigenvalue weighted by Crippen LogP contribution is 2.22. The van der Waals surface area contributed by atoms with Crippen LogP contribution in [0, 0.1) is 13.8 Å². The van der Waals surface area contributed by atoms with E-state index in [0.717, 1.165) is 11.1 Å². The summed E-state index contributed by atoms with van der Waals surface area (Å²) in [6.07, 6.45) is -0.0554. The molecule has 0 saturated carbocycles. The van der Waals surface area contributed by atoms with E-state index < -0.39 is 12.1 Å². The fourth-order valence-electron chi connectivity index (χ4n) is 2.34. The minimum Gasteiger partial charge on any atom is -0.480 e. The molecule has 0 spiro atoms. The summed E-state index contributed by atoms with van der Waals surface area (Å²) in [6, 6.07) is 12.4. The Labute approximate surface area is 148 Å². The van der Waals surface area contributed by atoms with Gasteiger partial charge in [0.1, 0.15) is 5.75 Å². The Bertz CT molecular complexity index is 753. The van der Waals surface area contributed by atoms with Crippen LogP contribution in [0.5, 0.6) is 5.75 Å². The Balaban J connectivity index is 2.07. The third-order valence-electron chi connectivity index (χ3n) is 3.85. The molecule has 0 radical (unpaired) electrons. The number of rotatable bonds is 6. The van der Waals surface area contributed by atoms with Crippen molar-refractivity contribution in [2.75, 3.05) is 12.4 Å². The fourth-order valence-corrected chi connectivity index (χ4v) is 2.34. The van der Waals surface area contributed by atoms with Gasteiger partial charge in [-0.2, -0.15) is 0 Å². The van der Waals surface area contributed by atoms with Crippen molar-refractivity contribution < 1.29 is 19.1 Å². The van der Waals surface area contributed by atoms with E-state index in [9.17, 15) is 9.59 Å². The van der Waals surface area contributed by atoms with E-state index in [-0.39, 0.29) is 5.91 Å². The molecule has 2 rings (SSSR count). The zero-order valence-electron chi connectivity index (χ0n) is 15.0. The normalized spacial score (nSPS) is 11.5. The number of hydrogen-bond donors (Lipinski definition) is 1. The Hall–Kier alpha value is -2.82. The molecule has 2 aromatic carbocycles. The highest BCUT2D eigenvalue weighted by atomic mass is 16.5. The number of amides is 1. The van der Waals surface area contributed by atoms with Gasteiger partial charge in [0.15, 0.2) is 6.10 Å². The molecule has 132 valence electrons. The first-order chi connectivity index (χ1) is 11.9. The topological polar surface area (TPSA) is 64.6 Å². The average molecular weight is 341 g/mol. The Morgan fingerprint density at radius 2 is 1.76 bits per heavy atom. The van der Waals surface area contributed by atoms with E-state index in [2.05, 4.69) is 10.1 Å². The molecule has 0 saturated heterocycles. The smallest absolute Gasteiger partial charge is 0.337 e. The molecule has 0 aromatic heterocycles. The molecular formula is C20H23NO4. The summed E-state index contributed by atoms with van der Waals surface area (Å²) >= 11 is 0. The van der Waals surface area contributed by atoms with Crippen LogP contribution in [0.4, 0.5) is 5.69 Å². The number of ether oxygens (including phenoxy) is 2. The van der Waals surface area contributed by atoms with E-state index in [0.29, 0.717) is 23.4 Å². The lowest BCUT2D eigenvalue weighted by Gasteiger charge is -2.19. The standard InChI is InChI=1S/C20H23NO4/c1-5-17(25-18-12-13(2)6-7-14(18)3)19(22)21-16-10-8-15(9-11-16)20(23)24-4/h6-12,17H,5H2,1-4H3,(H,21,22)/t17-/m1/s1. The summed E-state index contributed by atoms with van der Waals surface area (Å²) in [4.78, 5) is 23.9. The van der Waals surface area contributed by atoms with Gasteiger partial charge in [-0.05, 0) is 61.7 Å². The van der Waals surface area contributed by atoms with Crippen molar-refractivity contribution in [2.45, 2.75) is 33.3 Å². The number of nitrogens with one attached hydrogen (secondary N) is 1. The minimum atomic E-state index is -0.596. The van der Waals surface area contributed by atoms with E-state index >= 15 is 0 Å². The summed E-state index contributed by atoms with van der Waals surface area (Å²) < 4.78 is 10.6. The second-order valence-corrected chi connectivity index (χ2v) is 5.84. The molecule has 0 aliphatic rings. The van der Waals surface area contributed by atoms with E-state index in [4.69, 9.17) is 4.74 Å². The van der Waals surface area contributed by atoms with Crippen molar-refractivity contribution in [3.63, 3.8) is 0 Å². The maximum absolute atomic E-state index is 12.5. The van der Waals surface area contributed by atoms with Crippen LogP contribution in [-0.2, 0) is 9.53 Å². The fraction of sp³-hybridized carbons (Fsp3) is 0.300. The highest BCUT2D eigenvalue weighted by molar-refractivity contribution is 5.95. The van der Waals surface area contributed by atoms with Gasteiger partial charge >= 0.3 is 5.97 Å². The van der Waals surface area contributed by atoms with Crippen LogP contribution in [0.3, 0.4) is 0 Å². The number of esters is 1. The number of anilines is 1. The van der Waals surface area contributed by atoms with Gasteiger partial charge in [-0.1, -0.05) is 19.1 Å². The van der Waals surface area contributed by atoms with Crippen LogP contribution in [0.15, 0.2) is 42.5 Å². The van der Waals surface area contributed by atoms with Gasteiger partial charge in [-0.25, -0.2) is 4.79 Å². The largest absolute Gasteiger partial charge is 0.480 e. The molecular weight excluding hydrogens is 318 g/mol. The summed E-state index contributed by atoms with van der Waals surface area (Å²) in [7, 11) is 1.33. The maximum atomic E-state index is 12.5. The van der Waals surface area contributed by atoms with E-state index in [1.165, 1.54) is 7.11 Å². The number of methoxy groups -OCH3 is 1. The molecule has 5 nitrogen and oxygen atoms in total. The van der Waals surface area contributed by atoms with Gasteiger partial charge in [-0.15, -0.1) is 0 Å². The quantitative estimate of drug-likeness (QED) is 0.810. The van der Waals surface area contributed by atoms with Crippen LogP contribution >= 0.6 is 0 Å². The number of hydrogen-bond acceptors (Lipinski definition) is 4. The predicted molar refractivity (Wildman–Crippen MR) is 97.0 cm³/mol. The highest BCUT2D eigenvalue weighted by Gasteiger charge is 2.19. The second kappa shape index (κ2) is 8.33. The molecule has 1 atom stereocenters. The van der Waals surface area contributed by atoms with E-state index in [1.54, 1.807) is 24.3 Å². The zero-order chi connectivity index (χ0) is 18.4. The van der Waals surface area contributed by atoms with Gasteiger partial charge in [0.2, 0.25) is 0 Å². The summed E-state index contributed by atoms with van der Waals surface area (Å²) in [5.74, 6) is 0.0693. The lowest BCUT2D eigenvalue weighted by Crippen LogP contribution is -2.32. The summed E-state index contributed by atoms with van der Waals surface area (Å²) in [6.45, 7) is 5.83. The maximum Gasteiger partial charge on any atom is 0.337 e. The van der Waals surface area contributed by atoms with Crippen molar-refractivity contribution in [1.82, 2.24) is 0 Å². The van der Waals surface area contributed by atoms with E-state index in [1.807, 2.05) is 39.0 Å². The van der Waals surface area contributed by atoms with Gasteiger partial charge in [0.05, 0.1) is 12.7 Å². The SMILES string of the molecule is CC[C@@H](Oc1cc(C)ccc1C)C(=O)Nc1ccc(C(=O)OC)cc1. The van der Waals surface area contributed by atoms with Gasteiger partial charge < -0.3 is 14.8 Å². The second-order valence-electron chi connectivity index (χ2n) is 5.84. The summed E-state index contributed by atoms with van der Waals surface area (Å²) in [5, 5.41) is 2.82. The molecule has 0 aliphatic heterocycles. The third kappa shape index (κ3) is 4.83. The van der Waals surface area contributed by atoms with Crippen molar-refractivity contribution in [3.8, 4) is 5.75 Å². The Morgan fingerprint density at radius 3 is 2.36 bits per heavy atom. The minimum absolute atomic E-state index is 0.228. The van der Waals surface area contributed by atoms with Crippen molar-refractivity contribution >= 4 is 17.6 Å². The number of carbonyl (C=O) groups excluding carboxylic acids is 2. The van der Waals surface area contributed by atoms with Crippen LogP contribution in [0.1, 0.15) is 34.8 Å². The molecule has 1 amide bonds. The molecule has 2 aromatic rings. The van der Waals surface area contributed by atoms with Gasteiger partial charge in [-0.3, -0.25) is 4.79 Å². The van der Waals surface area contributed by atoms with Crippen molar-refractivity contribution in [3.05, 3.63) is 59.2 Å². The monoisotopic (exact) mass is 341 g/mol. The lowest BCUT2D eigenvalue weighted by molar-refractivity contribution is -0.122.